The van der Waals surface area contributed by atoms with E-state index in [4.69, 9.17) is 4.84 Å². The van der Waals surface area contributed by atoms with Crippen LogP contribution in [0.1, 0.15) is 57.6 Å². The molecule has 1 aliphatic carbocycles. The van der Waals surface area contributed by atoms with E-state index < -0.39 is 0 Å². The van der Waals surface area contributed by atoms with E-state index in [0.717, 1.165) is 5.71 Å². The summed E-state index contributed by atoms with van der Waals surface area (Å²) in [7, 11) is 0. The lowest BCUT2D eigenvalue weighted by Gasteiger charge is -2.28. The molecular formula is C16H23NO. The molecule has 1 aromatic rings. The minimum atomic E-state index is 0.126. The third-order valence-electron chi connectivity index (χ3n) is 3.55. The van der Waals surface area contributed by atoms with Gasteiger partial charge in [0.1, 0.15) is 0 Å². The van der Waals surface area contributed by atoms with E-state index in [9.17, 15) is 0 Å². The Kier molecular flexibility index (Phi) is 4.80. The molecule has 0 bridgehead atoms. The van der Waals surface area contributed by atoms with Gasteiger partial charge in [-0.2, -0.15) is 0 Å². The molecule has 0 radical (unpaired) electrons. The number of hydrogen-bond donors (Lipinski definition) is 0. The largest absolute Gasteiger partial charge is 0.387 e. The molecule has 1 atom stereocenters. The van der Waals surface area contributed by atoms with Crippen molar-refractivity contribution in [3.05, 3.63) is 35.9 Å². The van der Waals surface area contributed by atoms with Gasteiger partial charge >= 0.3 is 0 Å². The number of nitrogens with zero attached hydrogens (tertiary/aromatic N) is 1. The van der Waals surface area contributed by atoms with E-state index in [1.807, 2.05) is 13.8 Å². The first-order valence-electron chi connectivity index (χ1n) is 6.99. The first kappa shape index (κ1) is 13.1. The molecule has 0 aromatic heterocycles. The molecule has 2 nitrogen and oxygen atoms in total. The predicted molar refractivity (Wildman–Crippen MR) is 75.6 cm³/mol. The Morgan fingerprint density at radius 3 is 2.39 bits per heavy atom. The van der Waals surface area contributed by atoms with Gasteiger partial charge in [0, 0.05) is 5.92 Å². The van der Waals surface area contributed by atoms with Crippen LogP contribution in [0.4, 0.5) is 0 Å². The van der Waals surface area contributed by atoms with E-state index in [1.165, 1.54) is 37.7 Å². The van der Waals surface area contributed by atoms with Gasteiger partial charge in [-0.15, -0.1) is 0 Å². The van der Waals surface area contributed by atoms with Gasteiger partial charge in [0.2, 0.25) is 0 Å². The van der Waals surface area contributed by atoms with Crippen molar-refractivity contribution in [2.24, 2.45) is 11.1 Å². The Balaban J connectivity index is 2.14. The smallest absolute Gasteiger partial charge is 0.155 e. The molecule has 1 aliphatic rings. The Morgan fingerprint density at radius 2 is 1.78 bits per heavy atom. The highest BCUT2D eigenvalue weighted by Gasteiger charge is 2.26. The van der Waals surface area contributed by atoms with Gasteiger partial charge in [-0.3, -0.25) is 0 Å². The van der Waals surface area contributed by atoms with E-state index in [-0.39, 0.29) is 6.10 Å². The van der Waals surface area contributed by atoms with Crippen molar-refractivity contribution < 1.29 is 4.84 Å². The monoisotopic (exact) mass is 245 g/mol. The molecule has 18 heavy (non-hydrogen) atoms. The summed E-state index contributed by atoms with van der Waals surface area (Å²) in [5, 5.41) is 4.19. The highest BCUT2D eigenvalue weighted by atomic mass is 16.6. The molecule has 0 heterocycles. The third kappa shape index (κ3) is 3.59. The Morgan fingerprint density at radius 1 is 1.11 bits per heavy atom. The standard InChI is InChI=1S/C16H23NO/c1-13(2)17-18-16(14-9-5-3-6-10-14)15-11-7-4-8-12-15/h3,5-6,9-10,15-16H,4,7-8,11-12H2,1-2H3. The minimum absolute atomic E-state index is 0.126. The number of rotatable bonds is 4. The van der Waals surface area contributed by atoms with E-state index in [2.05, 4.69) is 35.5 Å². The van der Waals surface area contributed by atoms with Crippen molar-refractivity contribution >= 4 is 5.71 Å². The maximum atomic E-state index is 5.82. The molecule has 0 aliphatic heterocycles. The lowest BCUT2D eigenvalue weighted by molar-refractivity contribution is 0.00168. The maximum absolute atomic E-state index is 5.82. The van der Waals surface area contributed by atoms with Crippen molar-refractivity contribution in [3.8, 4) is 0 Å². The Labute approximate surface area is 110 Å². The summed E-state index contributed by atoms with van der Waals surface area (Å²) >= 11 is 0. The lowest BCUT2D eigenvalue weighted by Crippen LogP contribution is -2.18. The van der Waals surface area contributed by atoms with Crippen LogP contribution in [0.2, 0.25) is 0 Å². The van der Waals surface area contributed by atoms with Crippen LogP contribution in [0.5, 0.6) is 0 Å². The fourth-order valence-electron chi connectivity index (χ4n) is 2.66. The lowest BCUT2D eigenvalue weighted by atomic mass is 9.83. The summed E-state index contributed by atoms with van der Waals surface area (Å²) in [6.07, 6.45) is 6.67. The first-order chi connectivity index (χ1) is 8.77. The van der Waals surface area contributed by atoms with Gasteiger partial charge in [0.05, 0.1) is 5.71 Å². The fourth-order valence-corrected chi connectivity index (χ4v) is 2.66. The van der Waals surface area contributed by atoms with E-state index >= 15 is 0 Å². The molecule has 2 rings (SSSR count). The Bertz CT molecular complexity index is 375. The third-order valence-corrected chi connectivity index (χ3v) is 3.55. The molecule has 1 fully saturated rings. The first-order valence-corrected chi connectivity index (χ1v) is 6.99. The summed E-state index contributed by atoms with van der Waals surface area (Å²) < 4.78 is 0. The molecule has 98 valence electrons. The number of oxime groups is 1. The van der Waals surface area contributed by atoms with Crippen molar-refractivity contribution in [2.75, 3.05) is 0 Å². The quantitative estimate of drug-likeness (QED) is 0.555. The normalized spacial score (nSPS) is 18.1. The van der Waals surface area contributed by atoms with Gasteiger partial charge in [0.15, 0.2) is 6.10 Å². The zero-order valence-electron chi connectivity index (χ0n) is 11.4. The zero-order valence-corrected chi connectivity index (χ0v) is 11.4. The molecule has 0 amide bonds. The van der Waals surface area contributed by atoms with Crippen LogP contribution in [0.3, 0.4) is 0 Å². The van der Waals surface area contributed by atoms with Gasteiger partial charge in [-0.1, -0.05) is 54.8 Å². The summed E-state index contributed by atoms with van der Waals surface area (Å²) in [6, 6.07) is 10.5. The van der Waals surface area contributed by atoms with Crippen LogP contribution in [0, 0.1) is 5.92 Å². The van der Waals surface area contributed by atoms with E-state index in [0.29, 0.717) is 5.92 Å². The molecule has 1 saturated carbocycles. The maximum Gasteiger partial charge on any atom is 0.155 e. The van der Waals surface area contributed by atoms with Gasteiger partial charge in [-0.25, -0.2) is 0 Å². The van der Waals surface area contributed by atoms with Crippen LogP contribution < -0.4 is 0 Å². The molecule has 0 spiro atoms. The Hall–Kier alpha value is -1.31. The second-order valence-corrected chi connectivity index (χ2v) is 5.37. The van der Waals surface area contributed by atoms with Crippen molar-refractivity contribution in [1.82, 2.24) is 0 Å². The molecule has 1 unspecified atom stereocenters. The molecule has 0 N–H and O–H groups in total. The number of benzene rings is 1. The average molecular weight is 245 g/mol. The predicted octanol–water partition coefficient (Wildman–Crippen LogP) is 4.72. The van der Waals surface area contributed by atoms with Crippen molar-refractivity contribution in [1.29, 1.82) is 0 Å². The highest BCUT2D eigenvalue weighted by molar-refractivity contribution is 5.78. The van der Waals surface area contributed by atoms with Crippen LogP contribution in [0.25, 0.3) is 0 Å². The van der Waals surface area contributed by atoms with E-state index in [1.54, 1.807) is 0 Å². The average Bonchev–Trinajstić information content (AvgIpc) is 2.41. The van der Waals surface area contributed by atoms with Crippen LogP contribution in [0.15, 0.2) is 35.5 Å². The van der Waals surface area contributed by atoms with Gasteiger partial charge in [-0.05, 0) is 32.3 Å². The second kappa shape index (κ2) is 6.58. The second-order valence-electron chi connectivity index (χ2n) is 5.37. The van der Waals surface area contributed by atoms with Crippen LogP contribution >= 0.6 is 0 Å². The molecule has 1 aromatic carbocycles. The number of hydrogen-bond acceptors (Lipinski definition) is 2. The molecule has 2 heteroatoms. The molecular weight excluding hydrogens is 222 g/mol. The molecule has 0 saturated heterocycles. The SMILES string of the molecule is CC(C)=NOC(c1ccccc1)C1CCCCC1. The van der Waals surface area contributed by atoms with Crippen molar-refractivity contribution in [2.45, 2.75) is 52.1 Å². The minimum Gasteiger partial charge on any atom is -0.387 e. The summed E-state index contributed by atoms with van der Waals surface area (Å²) in [5.74, 6) is 0.615. The van der Waals surface area contributed by atoms with Gasteiger partial charge in [0.25, 0.3) is 0 Å². The highest BCUT2D eigenvalue weighted by Crippen LogP contribution is 2.36. The van der Waals surface area contributed by atoms with Crippen molar-refractivity contribution in [3.63, 3.8) is 0 Å². The van der Waals surface area contributed by atoms with Crippen LogP contribution in [-0.4, -0.2) is 5.71 Å². The fraction of sp³-hybridized carbons (Fsp3) is 0.562. The summed E-state index contributed by atoms with van der Waals surface area (Å²) in [6.45, 7) is 3.95. The van der Waals surface area contributed by atoms with Crippen LogP contribution in [-0.2, 0) is 4.84 Å². The summed E-state index contributed by atoms with van der Waals surface area (Å²) in [5.41, 5.74) is 2.24. The van der Waals surface area contributed by atoms with Gasteiger partial charge < -0.3 is 4.84 Å². The zero-order chi connectivity index (χ0) is 12.8. The topological polar surface area (TPSA) is 21.6 Å². The summed E-state index contributed by atoms with van der Waals surface area (Å²) in [4.78, 5) is 5.82.